The molecular formula is C18H32IN5O. The minimum Gasteiger partial charge on any atom is -0.378 e. The number of ether oxygens (including phenoxy) is 1. The van der Waals surface area contributed by atoms with Gasteiger partial charge in [-0.15, -0.1) is 24.0 Å². The third-order valence-corrected chi connectivity index (χ3v) is 5.47. The molecule has 2 atom stereocenters. The van der Waals surface area contributed by atoms with E-state index in [0.29, 0.717) is 17.6 Å². The summed E-state index contributed by atoms with van der Waals surface area (Å²) in [6, 6.07) is 2.46. The van der Waals surface area contributed by atoms with E-state index >= 15 is 0 Å². The Bertz CT molecular complexity index is 530. The number of hydrogen-bond acceptors (Lipinski definition) is 3. The summed E-state index contributed by atoms with van der Waals surface area (Å²) in [6.45, 7) is 7.64. The van der Waals surface area contributed by atoms with Crippen molar-refractivity contribution in [3.05, 3.63) is 18.5 Å². The highest BCUT2D eigenvalue weighted by atomic mass is 127. The molecule has 1 aromatic heterocycles. The maximum absolute atomic E-state index is 5.94. The molecule has 2 saturated carbocycles. The van der Waals surface area contributed by atoms with Crippen LogP contribution in [0.3, 0.4) is 0 Å². The Morgan fingerprint density at radius 2 is 2.24 bits per heavy atom. The van der Waals surface area contributed by atoms with Crippen LogP contribution in [0.15, 0.2) is 23.5 Å². The number of aryl methyl sites for hydroxylation is 1. The van der Waals surface area contributed by atoms with Gasteiger partial charge in [-0.1, -0.05) is 6.42 Å². The van der Waals surface area contributed by atoms with Crippen molar-refractivity contribution in [1.29, 1.82) is 0 Å². The Labute approximate surface area is 168 Å². The molecule has 2 aliphatic rings. The molecule has 1 aromatic rings. The molecule has 25 heavy (non-hydrogen) atoms. The fourth-order valence-electron chi connectivity index (χ4n) is 3.98. The Morgan fingerprint density at radius 1 is 1.40 bits per heavy atom. The summed E-state index contributed by atoms with van der Waals surface area (Å²) in [5.74, 6) is 0.948. The summed E-state index contributed by atoms with van der Waals surface area (Å²) >= 11 is 0. The van der Waals surface area contributed by atoms with Crippen LogP contribution in [0.2, 0.25) is 0 Å². The normalized spacial score (nSPS) is 24.2. The lowest BCUT2D eigenvalue weighted by molar-refractivity contribution is -0.168. The second kappa shape index (κ2) is 9.75. The van der Waals surface area contributed by atoms with Crippen molar-refractivity contribution in [3.63, 3.8) is 0 Å². The molecule has 0 radical (unpaired) electrons. The molecule has 1 heterocycles. The van der Waals surface area contributed by atoms with Crippen LogP contribution in [0.4, 0.5) is 0 Å². The number of hydrogen-bond donors (Lipinski definition) is 2. The van der Waals surface area contributed by atoms with E-state index in [1.807, 2.05) is 23.1 Å². The summed E-state index contributed by atoms with van der Waals surface area (Å²) in [6.07, 6.45) is 10.3. The summed E-state index contributed by atoms with van der Waals surface area (Å²) in [5, 5.41) is 11.3. The van der Waals surface area contributed by atoms with Crippen molar-refractivity contribution in [2.45, 2.75) is 64.6 Å². The molecular weight excluding hydrogens is 429 g/mol. The lowest BCUT2D eigenvalue weighted by Crippen LogP contribution is -2.68. The Morgan fingerprint density at radius 3 is 2.84 bits per heavy atom. The zero-order chi connectivity index (χ0) is 16.8. The van der Waals surface area contributed by atoms with Gasteiger partial charge in [0.05, 0.1) is 6.10 Å². The lowest BCUT2D eigenvalue weighted by atomic mass is 9.51. The number of nitrogens with one attached hydrogen (secondary N) is 2. The van der Waals surface area contributed by atoms with Gasteiger partial charge in [0.15, 0.2) is 5.96 Å². The van der Waals surface area contributed by atoms with Crippen LogP contribution in [0.25, 0.3) is 0 Å². The molecule has 0 saturated heterocycles. The average molecular weight is 461 g/mol. The van der Waals surface area contributed by atoms with E-state index in [1.165, 1.54) is 19.3 Å². The van der Waals surface area contributed by atoms with Crippen molar-refractivity contribution in [2.24, 2.45) is 10.4 Å². The molecule has 0 bridgehead atoms. The number of nitrogens with zero attached hydrogens (tertiary/aromatic N) is 3. The number of aromatic nitrogens is 2. The van der Waals surface area contributed by atoms with Crippen molar-refractivity contribution in [2.75, 3.05) is 19.7 Å². The zero-order valence-corrected chi connectivity index (χ0v) is 17.7. The number of halogens is 1. The molecule has 0 aliphatic heterocycles. The van der Waals surface area contributed by atoms with Crippen molar-refractivity contribution in [1.82, 2.24) is 20.4 Å². The van der Waals surface area contributed by atoms with Gasteiger partial charge in [0.25, 0.3) is 0 Å². The summed E-state index contributed by atoms with van der Waals surface area (Å²) in [4.78, 5) is 4.74. The second-order valence-electron chi connectivity index (χ2n) is 6.85. The molecule has 2 fully saturated rings. The van der Waals surface area contributed by atoms with E-state index in [-0.39, 0.29) is 24.0 Å². The van der Waals surface area contributed by atoms with E-state index in [1.54, 1.807) is 0 Å². The van der Waals surface area contributed by atoms with Gasteiger partial charge in [-0.2, -0.15) is 5.10 Å². The second-order valence-corrected chi connectivity index (χ2v) is 6.85. The van der Waals surface area contributed by atoms with E-state index in [9.17, 15) is 0 Å². The first-order valence-electron chi connectivity index (χ1n) is 9.42. The maximum atomic E-state index is 5.94. The highest BCUT2D eigenvalue weighted by molar-refractivity contribution is 14.0. The van der Waals surface area contributed by atoms with E-state index in [4.69, 9.17) is 9.73 Å². The van der Waals surface area contributed by atoms with E-state index < -0.39 is 0 Å². The molecule has 6 nitrogen and oxygen atoms in total. The Kier molecular flexibility index (Phi) is 7.99. The SMILES string of the molecule is CCNC(=NCCCn1cccn1)NC1CC(OCC)C12CCC2.I. The summed E-state index contributed by atoms with van der Waals surface area (Å²) in [7, 11) is 0. The molecule has 7 heteroatoms. The summed E-state index contributed by atoms with van der Waals surface area (Å²) in [5.41, 5.74) is 0.362. The predicted octanol–water partition coefficient (Wildman–Crippen LogP) is 2.79. The maximum Gasteiger partial charge on any atom is 0.191 e. The Hall–Kier alpha value is -0.830. The fourth-order valence-corrected chi connectivity index (χ4v) is 3.98. The van der Waals surface area contributed by atoms with Crippen molar-refractivity contribution >= 4 is 29.9 Å². The van der Waals surface area contributed by atoms with Crippen molar-refractivity contribution in [3.8, 4) is 0 Å². The fraction of sp³-hybridized carbons (Fsp3) is 0.778. The average Bonchev–Trinajstić information content (AvgIpc) is 3.02. The van der Waals surface area contributed by atoms with Gasteiger partial charge in [-0.3, -0.25) is 9.67 Å². The smallest absolute Gasteiger partial charge is 0.191 e. The third-order valence-electron chi connectivity index (χ3n) is 5.47. The van der Waals surface area contributed by atoms with Crippen LogP contribution in [-0.4, -0.2) is 47.6 Å². The molecule has 142 valence electrons. The zero-order valence-electron chi connectivity index (χ0n) is 15.4. The first-order chi connectivity index (χ1) is 11.8. The monoisotopic (exact) mass is 461 g/mol. The van der Waals surface area contributed by atoms with E-state index in [0.717, 1.165) is 45.0 Å². The van der Waals surface area contributed by atoms with Crippen LogP contribution in [0.1, 0.15) is 46.0 Å². The predicted molar refractivity (Wildman–Crippen MR) is 111 cm³/mol. The highest BCUT2D eigenvalue weighted by Crippen LogP contribution is 2.57. The standard InChI is InChI=1S/C18H31N5O.HI/c1-3-19-17(20-10-6-12-23-13-7-11-21-23)22-15-14-16(24-4-2)18(15)8-5-9-18;/h7,11,13,15-16H,3-6,8-10,12,14H2,1-2H3,(H2,19,20,22);1H. The molecule has 2 unspecified atom stereocenters. The Balaban J connectivity index is 0.00000225. The summed E-state index contributed by atoms with van der Waals surface area (Å²) < 4.78 is 7.89. The van der Waals surface area contributed by atoms with Gasteiger partial charge in [0.2, 0.25) is 0 Å². The van der Waals surface area contributed by atoms with Crippen LogP contribution in [-0.2, 0) is 11.3 Å². The minimum absolute atomic E-state index is 0. The molecule has 1 spiro atoms. The van der Waals surface area contributed by atoms with Crippen LogP contribution < -0.4 is 10.6 Å². The molecule has 2 N–H and O–H groups in total. The molecule has 0 amide bonds. The first-order valence-corrected chi connectivity index (χ1v) is 9.42. The molecule has 0 aromatic carbocycles. The highest BCUT2D eigenvalue weighted by Gasteiger charge is 2.59. The van der Waals surface area contributed by atoms with Crippen LogP contribution in [0, 0.1) is 5.41 Å². The van der Waals surface area contributed by atoms with Gasteiger partial charge in [-0.25, -0.2) is 0 Å². The number of guanidine groups is 1. The van der Waals surface area contributed by atoms with Gasteiger partial charge < -0.3 is 15.4 Å². The van der Waals surface area contributed by atoms with Gasteiger partial charge >= 0.3 is 0 Å². The van der Waals surface area contributed by atoms with Crippen LogP contribution in [0.5, 0.6) is 0 Å². The first kappa shape index (κ1) is 20.5. The third kappa shape index (κ3) is 4.67. The van der Waals surface area contributed by atoms with Gasteiger partial charge in [0, 0.05) is 50.1 Å². The lowest BCUT2D eigenvalue weighted by Gasteiger charge is -2.61. The van der Waals surface area contributed by atoms with Crippen LogP contribution >= 0.6 is 24.0 Å². The van der Waals surface area contributed by atoms with E-state index in [2.05, 4.69) is 29.6 Å². The molecule has 2 aliphatic carbocycles. The van der Waals surface area contributed by atoms with Crippen molar-refractivity contribution < 1.29 is 4.74 Å². The van der Waals surface area contributed by atoms with Gasteiger partial charge in [0.1, 0.15) is 0 Å². The number of aliphatic imine (C=N–C) groups is 1. The largest absolute Gasteiger partial charge is 0.378 e. The quantitative estimate of drug-likeness (QED) is 0.271. The van der Waals surface area contributed by atoms with Gasteiger partial charge in [-0.05, 0) is 45.6 Å². The topological polar surface area (TPSA) is 63.5 Å². The number of rotatable bonds is 8. The molecule has 3 rings (SSSR count). The minimum atomic E-state index is 0.